The molecule has 10 nitrogen and oxygen atoms in total. The molecule has 33 heavy (non-hydrogen) atoms. The van der Waals surface area contributed by atoms with E-state index in [4.69, 9.17) is 42.1 Å². The third-order valence-electron chi connectivity index (χ3n) is 4.93. The average molecular weight is 502 g/mol. The molecule has 3 rings (SSSR count). The molecule has 2 heterocycles. The van der Waals surface area contributed by atoms with Gasteiger partial charge >= 0.3 is 17.9 Å². The van der Waals surface area contributed by atoms with Crippen LogP contribution in [-0.2, 0) is 33.3 Å². The third kappa shape index (κ3) is 5.69. The number of halogens is 2. The first-order valence-electron chi connectivity index (χ1n) is 10.2. The second-order valence-electron chi connectivity index (χ2n) is 7.86. The van der Waals surface area contributed by atoms with Crippen LogP contribution in [0.1, 0.15) is 34.6 Å². The summed E-state index contributed by atoms with van der Waals surface area (Å²) in [6, 6.07) is 3.07. The van der Waals surface area contributed by atoms with Gasteiger partial charge in [-0.25, -0.2) is 4.98 Å². The van der Waals surface area contributed by atoms with Gasteiger partial charge in [-0.1, -0.05) is 23.2 Å². The zero-order valence-corrected chi connectivity index (χ0v) is 20.3. The van der Waals surface area contributed by atoms with Crippen LogP contribution >= 0.6 is 23.2 Å². The van der Waals surface area contributed by atoms with Crippen molar-refractivity contribution in [2.45, 2.75) is 65.2 Å². The lowest BCUT2D eigenvalue weighted by Gasteiger charge is -2.34. The molecule has 1 aromatic heterocycles. The molecule has 0 bridgehead atoms. The smallest absolute Gasteiger partial charge is 0.303 e. The largest absolute Gasteiger partial charge is 0.463 e. The predicted molar refractivity (Wildman–Crippen MR) is 120 cm³/mol. The number of carbonyl (C=O) groups excluding carboxylic acids is 3. The molecule has 1 aliphatic heterocycles. The van der Waals surface area contributed by atoms with Gasteiger partial charge in [-0.3, -0.25) is 14.4 Å². The van der Waals surface area contributed by atoms with E-state index in [-0.39, 0.29) is 12.6 Å². The van der Waals surface area contributed by atoms with Crippen LogP contribution in [0.5, 0.6) is 0 Å². The van der Waals surface area contributed by atoms with Gasteiger partial charge in [0, 0.05) is 26.8 Å². The molecule has 1 N–H and O–H groups in total. The van der Waals surface area contributed by atoms with E-state index in [0.717, 1.165) is 0 Å². The molecule has 0 amide bonds. The summed E-state index contributed by atoms with van der Waals surface area (Å²) in [4.78, 5) is 44.6. The number of hydrogen-bond donors (Lipinski definition) is 1. The van der Waals surface area contributed by atoms with Gasteiger partial charge < -0.3 is 28.8 Å². The number of aromatic amines is 1. The average Bonchev–Trinajstić information content (AvgIpc) is 3.22. The van der Waals surface area contributed by atoms with E-state index < -0.39 is 42.4 Å². The maximum atomic E-state index is 11.9. The minimum atomic E-state index is -1.02. The fourth-order valence-corrected chi connectivity index (χ4v) is 4.01. The third-order valence-corrected chi connectivity index (χ3v) is 5.65. The first kappa shape index (κ1) is 25.1. The molecular formula is C21H25Cl2N3O7. The van der Waals surface area contributed by atoms with Crippen molar-refractivity contribution in [3.05, 3.63) is 22.2 Å². The summed E-state index contributed by atoms with van der Waals surface area (Å²) >= 11 is 12.3. The normalized spacial score (nSPS) is 22.4. The second-order valence-corrected chi connectivity index (χ2v) is 8.68. The molecule has 1 saturated heterocycles. The van der Waals surface area contributed by atoms with Gasteiger partial charge in [-0.15, -0.1) is 0 Å². The van der Waals surface area contributed by atoms with E-state index >= 15 is 0 Å². The first-order valence-corrected chi connectivity index (χ1v) is 11.0. The lowest BCUT2D eigenvalue weighted by molar-refractivity contribution is -0.165. The number of H-pyrrole nitrogens is 1. The molecule has 0 aliphatic carbocycles. The van der Waals surface area contributed by atoms with Crippen LogP contribution in [-0.4, -0.2) is 65.1 Å². The van der Waals surface area contributed by atoms with Crippen molar-refractivity contribution >= 4 is 58.1 Å². The van der Waals surface area contributed by atoms with Crippen LogP contribution in [0.2, 0.25) is 10.0 Å². The Morgan fingerprint density at radius 3 is 2.24 bits per heavy atom. The maximum Gasteiger partial charge on any atom is 0.303 e. The summed E-state index contributed by atoms with van der Waals surface area (Å²) in [6.07, 6.45) is -3.81. The molecule has 1 aliphatic rings. The number of benzene rings is 1. The Morgan fingerprint density at radius 1 is 1.06 bits per heavy atom. The van der Waals surface area contributed by atoms with Gasteiger partial charge in [0.15, 0.2) is 18.4 Å². The quantitative estimate of drug-likeness (QED) is 0.449. The highest BCUT2D eigenvalue weighted by Crippen LogP contribution is 2.35. The second kappa shape index (κ2) is 10.1. The fourth-order valence-electron chi connectivity index (χ4n) is 3.69. The molecule has 1 aromatic carbocycles. The van der Waals surface area contributed by atoms with Gasteiger partial charge in [0.1, 0.15) is 12.7 Å². The first-order chi connectivity index (χ1) is 15.5. The summed E-state index contributed by atoms with van der Waals surface area (Å²) in [7, 11) is 0. The van der Waals surface area contributed by atoms with Gasteiger partial charge in [-0.05, 0) is 26.0 Å². The Labute approximate surface area is 200 Å². The lowest BCUT2D eigenvalue weighted by Crippen LogP contribution is -2.50. The molecule has 0 saturated carbocycles. The number of ether oxygens (including phenoxy) is 4. The number of nitrogens with one attached hydrogen (secondary N) is 1. The van der Waals surface area contributed by atoms with E-state index in [2.05, 4.69) is 9.97 Å². The molecule has 0 unspecified atom stereocenters. The number of hydrogen-bond acceptors (Lipinski definition) is 9. The predicted octanol–water partition coefficient (Wildman–Crippen LogP) is 3.24. The number of rotatable bonds is 7. The topological polar surface area (TPSA) is 120 Å². The number of nitrogens with zero attached hydrogens (tertiary/aromatic N) is 2. The Hall–Kier alpha value is -2.56. The van der Waals surface area contributed by atoms with Crippen LogP contribution in [0.3, 0.4) is 0 Å². The number of carbonyl (C=O) groups is 3. The van der Waals surface area contributed by atoms with E-state index in [9.17, 15) is 14.4 Å². The van der Waals surface area contributed by atoms with Gasteiger partial charge in [-0.2, -0.15) is 0 Å². The summed E-state index contributed by atoms with van der Waals surface area (Å²) in [5, 5.41) is 0.714. The highest BCUT2D eigenvalue weighted by Gasteiger charge is 2.53. The number of aromatic nitrogens is 2. The number of imidazole rings is 1. The van der Waals surface area contributed by atoms with Crippen molar-refractivity contribution in [2.24, 2.45) is 0 Å². The van der Waals surface area contributed by atoms with Crippen molar-refractivity contribution in [3.8, 4) is 0 Å². The van der Waals surface area contributed by atoms with Crippen LogP contribution in [0.25, 0.3) is 11.0 Å². The molecule has 2 aromatic rings. The van der Waals surface area contributed by atoms with E-state index in [0.29, 0.717) is 27.0 Å². The fraction of sp³-hybridized carbons (Fsp3) is 0.524. The standard InChI is InChI=1S/C21H25Cl2N3O7/c1-9(2)26(21-24-15-6-13(22)14(23)7-16(15)25-21)20-19(32-12(5)29)18(31-11(4)28)17(33-20)8-30-10(3)27/h6-7,9,17-20H,8H2,1-5H3,(H,24,25)/t17-,18-,19-,20-/m0/s1. The van der Waals surface area contributed by atoms with Crippen LogP contribution < -0.4 is 4.90 Å². The van der Waals surface area contributed by atoms with E-state index in [1.54, 1.807) is 17.0 Å². The highest BCUT2D eigenvalue weighted by molar-refractivity contribution is 6.42. The number of fused-ring (bicyclic) bond motifs is 1. The minimum Gasteiger partial charge on any atom is -0.463 e. The van der Waals surface area contributed by atoms with Crippen molar-refractivity contribution in [3.63, 3.8) is 0 Å². The summed E-state index contributed by atoms with van der Waals surface area (Å²) in [5.74, 6) is -1.32. The summed E-state index contributed by atoms with van der Waals surface area (Å²) in [6.45, 7) is 7.31. The molecule has 1 fully saturated rings. The Balaban J connectivity index is 2.04. The van der Waals surface area contributed by atoms with Crippen molar-refractivity contribution in [2.75, 3.05) is 11.5 Å². The molecule has 4 atom stereocenters. The van der Waals surface area contributed by atoms with Crippen LogP contribution in [0, 0.1) is 0 Å². The molecule has 12 heteroatoms. The zero-order valence-electron chi connectivity index (χ0n) is 18.8. The molecule has 0 spiro atoms. The van der Waals surface area contributed by atoms with Gasteiger partial charge in [0.25, 0.3) is 0 Å². The summed E-state index contributed by atoms with van der Waals surface area (Å²) < 4.78 is 22.2. The molecule has 0 radical (unpaired) electrons. The SMILES string of the molecule is CC(=O)OC[C@@H]1O[C@H](N(c2nc3cc(Cl)c(Cl)cc3[nH]2)C(C)C)[C@@H](OC(C)=O)[C@H]1OC(C)=O. The molecule has 180 valence electrons. The van der Waals surface area contributed by atoms with E-state index in [1.807, 2.05) is 13.8 Å². The Kier molecular flexibility index (Phi) is 7.71. The minimum absolute atomic E-state index is 0.196. The summed E-state index contributed by atoms with van der Waals surface area (Å²) in [5.41, 5.74) is 1.21. The maximum absolute atomic E-state index is 11.9. The van der Waals surface area contributed by atoms with Gasteiger partial charge in [0.2, 0.25) is 5.95 Å². The van der Waals surface area contributed by atoms with Gasteiger partial charge in [0.05, 0.1) is 21.1 Å². The monoisotopic (exact) mass is 501 g/mol. The zero-order chi connectivity index (χ0) is 24.4. The van der Waals surface area contributed by atoms with Crippen LogP contribution in [0.15, 0.2) is 12.1 Å². The number of esters is 3. The van der Waals surface area contributed by atoms with E-state index in [1.165, 1.54) is 20.8 Å². The highest BCUT2D eigenvalue weighted by atomic mass is 35.5. The molecular weight excluding hydrogens is 477 g/mol. The lowest BCUT2D eigenvalue weighted by atomic mass is 10.1. The number of anilines is 1. The Bertz CT molecular complexity index is 1020. The van der Waals surface area contributed by atoms with Crippen molar-refractivity contribution < 1.29 is 33.3 Å². The van der Waals surface area contributed by atoms with Crippen molar-refractivity contribution in [1.82, 2.24) is 9.97 Å². The van der Waals surface area contributed by atoms with Crippen LogP contribution in [0.4, 0.5) is 5.95 Å². The Morgan fingerprint density at radius 2 is 1.67 bits per heavy atom. The van der Waals surface area contributed by atoms with Crippen molar-refractivity contribution in [1.29, 1.82) is 0 Å².